The third-order valence-electron chi connectivity index (χ3n) is 3.84. The maximum Gasteiger partial charge on any atom is 0.218 e. The molecule has 0 bridgehead atoms. The van der Waals surface area contributed by atoms with Gasteiger partial charge in [0.1, 0.15) is 18.0 Å². The summed E-state index contributed by atoms with van der Waals surface area (Å²) in [7, 11) is 1.96. The van der Waals surface area contributed by atoms with Gasteiger partial charge in [-0.05, 0) is 30.7 Å². The fourth-order valence-corrected chi connectivity index (χ4v) is 2.80. The molecule has 0 saturated heterocycles. The van der Waals surface area contributed by atoms with Crippen molar-refractivity contribution in [2.75, 3.05) is 0 Å². The number of nitrogens with zero attached hydrogens (tertiary/aromatic N) is 3. The number of fused-ring (bicyclic) bond motifs is 2. The minimum Gasteiger partial charge on any atom is -0.137 e. The highest BCUT2D eigenvalue weighted by Crippen LogP contribution is 2.27. The molecule has 0 saturated carbocycles. The van der Waals surface area contributed by atoms with Crippen LogP contribution in [0.15, 0.2) is 24.3 Å². The Morgan fingerprint density at radius 2 is 1.89 bits per heavy atom. The third kappa shape index (κ3) is 1.77. The van der Waals surface area contributed by atoms with Crippen molar-refractivity contribution in [2.45, 2.75) is 27.2 Å². The third-order valence-corrected chi connectivity index (χ3v) is 3.84. The summed E-state index contributed by atoms with van der Waals surface area (Å²) in [5, 5.41) is 12.4. The smallest absolute Gasteiger partial charge is 0.137 e. The lowest BCUT2D eigenvalue weighted by Crippen LogP contribution is -2.39. The molecule has 0 unspecified atom stereocenters. The topological polar surface area (TPSA) is 29.7 Å². The van der Waals surface area contributed by atoms with E-state index < -0.39 is 0 Å². The maximum absolute atomic E-state index is 4.37. The quantitative estimate of drug-likeness (QED) is 0.492. The van der Waals surface area contributed by atoms with Crippen LogP contribution in [0, 0.1) is 13.8 Å². The molecular weight excluding hydrogens is 234 g/mol. The number of aryl methyl sites for hydroxylation is 4. The second-order valence-corrected chi connectivity index (χ2v) is 5.14. The van der Waals surface area contributed by atoms with Crippen LogP contribution in [0.5, 0.6) is 0 Å². The summed E-state index contributed by atoms with van der Waals surface area (Å²) in [6, 6.07) is 8.82. The van der Waals surface area contributed by atoms with E-state index in [4.69, 9.17) is 0 Å². The Balaban J connectivity index is 2.53. The van der Waals surface area contributed by atoms with Crippen molar-refractivity contribution in [1.29, 1.82) is 0 Å². The molecule has 1 heterocycles. The first-order chi connectivity index (χ1) is 9.11. The molecular formula is C16H18N3+. The Morgan fingerprint density at radius 1 is 1.11 bits per heavy atom. The fraction of sp³-hybridized carbons (Fsp3) is 0.312. The summed E-state index contributed by atoms with van der Waals surface area (Å²) >= 11 is 0. The largest absolute Gasteiger partial charge is 0.218 e. The lowest BCUT2D eigenvalue weighted by atomic mass is 9.98. The number of benzene rings is 2. The Labute approximate surface area is 112 Å². The van der Waals surface area contributed by atoms with Crippen molar-refractivity contribution in [1.82, 2.24) is 10.3 Å². The second kappa shape index (κ2) is 4.26. The zero-order valence-electron chi connectivity index (χ0n) is 11.9. The standard InChI is InChI=1S/C16H18N3/c1-5-15-14-9-12-8-10(2)6-7-13(12)11(3)16(14)17-18-19(15)4/h6-9H,5H2,1-4H3/q+1. The van der Waals surface area contributed by atoms with E-state index in [0.717, 1.165) is 11.9 Å². The summed E-state index contributed by atoms with van der Waals surface area (Å²) < 4.78 is 1.88. The van der Waals surface area contributed by atoms with E-state index in [2.05, 4.69) is 55.3 Å². The molecule has 0 aliphatic carbocycles. The minimum atomic E-state index is 0.958. The molecule has 1 aromatic heterocycles. The van der Waals surface area contributed by atoms with Gasteiger partial charge >= 0.3 is 0 Å². The molecule has 3 nitrogen and oxygen atoms in total. The van der Waals surface area contributed by atoms with E-state index in [1.54, 1.807) is 0 Å². The molecule has 3 heteroatoms. The number of rotatable bonds is 1. The number of hydrogen-bond acceptors (Lipinski definition) is 2. The Kier molecular flexibility index (Phi) is 2.70. The van der Waals surface area contributed by atoms with Gasteiger partial charge in [-0.3, -0.25) is 0 Å². The molecule has 96 valence electrons. The predicted octanol–water partition coefficient (Wildman–Crippen LogP) is 2.79. The van der Waals surface area contributed by atoms with E-state index in [9.17, 15) is 0 Å². The van der Waals surface area contributed by atoms with Crippen LogP contribution in [0.25, 0.3) is 21.7 Å². The molecule has 19 heavy (non-hydrogen) atoms. The van der Waals surface area contributed by atoms with Crippen LogP contribution in [-0.2, 0) is 13.5 Å². The fourth-order valence-electron chi connectivity index (χ4n) is 2.80. The molecule has 0 atom stereocenters. The van der Waals surface area contributed by atoms with Crippen LogP contribution in [0.3, 0.4) is 0 Å². The minimum absolute atomic E-state index is 0.958. The molecule has 3 aromatic rings. The van der Waals surface area contributed by atoms with Gasteiger partial charge in [0.05, 0.1) is 10.5 Å². The number of hydrogen-bond donors (Lipinski definition) is 0. The summed E-state index contributed by atoms with van der Waals surface area (Å²) in [5.41, 5.74) is 4.76. The highest BCUT2D eigenvalue weighted by atomic mass is 15.4. The van der Waals surface area contributed by atoms with Gasteiger partial charge in [0.15, 0.2) is 0 Å². The van der Waals surface area contributed by atoms with Crippen molar-refractivity contribution >= 4 is 21.7 Å². The van der Waals surface area contributed by atoms with E-state index >= 15 is 0 Å². The van der Waals surface area contributed by atoms with Crippen molar-refractivity contribution < 1.29 is 4.68 Å². The van der Waals surface area contributed by atoms with E-state index in [-0.39, 0.29) is 0 Å². The molecule has 0 aliphatic rings. The zero-order chi connectivity index (χ0) is 13.6. The van der Waals surface area contributed by atoms with Gasteiger partial charge in [0.2, 0.25) is 5.52 Å². The number of aromatic nitrogens is 3. The van der Waals surface area contributed by atoms with E-state index in [0.29, 0.717) is 0 Å². The Hall–Kier alpha value is -2.03. The molecule has 0 amide bonds. The average molecular weight is 252 g/mol. The first kappa shape index (κ1) is 12.0. The van der Waals surface area contributed by atoms with Crippen LogP contribution in [0.2, 0.25) is 0 Å². The Bertz CT molecular complexity index is 791. The van der Waals surface area contributed by atoms with Gasteiger partial charge in [0.25, 0.3) is 0 Å². The van der Waals surface area contributed by atoms with E-state index in [1.807, 2.05) is 11.7 Å². The van der Waals surface area contributed by atoms with Crippen molar-refractivity contribution in [3.63, 3.8) is 0 Å². The Morgan fingerprint density at radius 3 is 2.63 bits per heavy atom. The second-order valence-electron chi connectivity index (χ2n) is 5.14. The van der Waals surface area contributed by atoms with Gasteiger partial charge in [-0.25, -0.2) is 0 Å². The molecule has 2 aromatic carbocycles. The highest BCUT2D eigenvalue weighted by Gasteiger charge is 2.16. The molecule has 0 aliphatic heterocycles. The van der Waals surface area contributed by atoms with Crippen molar-refractivity contribution in [3.05, 3.63) is 41.1 Å². The molecule has 0 fully saturated rings. The van der Waals surface area contributed by atoms with Crippen molar-refractivity contribution in [3.8, 4) is 0 Å². The molecule has 0 N–H and O–H groups in total. The molecule has 0 spiro atoms. The first-order valence-electron chi connectivity index (χ1n) is 6.67. The molecule has 3 rings (SSSR count). The summed E-state index contributed by atoms with van der Waals surface area (Å²) in [6.07, 6.45) is 0.958. The lowest BCUT2D eigenvalue weighted by molar-refractivity contribution is -0.741. The first-order valence-corrected chi connectivity index (χ1v) is 6.67. The van der Waals surface area contributed by atoms with Crippen LogP contribution in [0.1, 0.15) is 23.7 Å². The lowest BCUT2D eigenvalue weighted by Gasteiger charge is -2.07. The van der Waals surface area contributed by atoms with Gasteiger partial charge in [-0.15, -0.1) is 4.68 Å². The summed E-state index contributed by atoms with van der Waals surface area (Å²) in [4.78, 5) is 0. The summed E-state index contributed by atoms with van der Waals surface area (Å²) in [5.74, 6) is 0. The SMILES string of the molecule is CCc1c2cc3cc(C)ccc3c(C)c2nn[n+]1C. The average Bonchev–Trinajstić information content (AvgIpc) is 2.38. The maximum atomic E-state index is 4.37. The van der Waals surface area contributed by atoms with Gasteiger partial charge in [0, 0.05) is 12.0 Å². The molecule has 0 radical (unpaired) electrons. The predicted molar refractivity (Wildman–Crippen MR) is 77.1 cm³/mol. The van der Waals surface area contributed by atoms with Gasteiger partial charge in [-0.1, -0.05) is 30.7 Å². The van der Waals surface area contributed by atoms with E-state index in [1.165, 1.54) is 33.0 Å². The van der Waals surface area contributed by atoms with Crippen LogP contribution in [-0.4, -0.2) is 10.3 Å². The van der Waals surface area contributed by atoms with Gasteiger partial charge in [-0.2, -0.15) is 0 Å². The van der Waals surface area contributed by atoms with Crippen LogP contribution < -0.4 is 4.68 Å². The van der Waals surface area contributed by atoms with Gasteiger partial charge < -0.3 is 0 Å². The normalized spacial score (nSPS) is 11.4. The van der Waals surface area contributed by atoms with Crippen LogP contribution in [0.4, 0.5) is 0 Å². The zero-order valence-corrected chi connectivity index (χ0v) is 11.9. The van der Waals surface area contributed by atoms with Crippen molar-refractivity contribution in [2.24, 2.45) is 7.05 Å². The highest BCUT2D eigenvalue weighted by molar-refractivity contribution is 6.00. The monoisotopic (exact) mass is 252 g/mol. The van der Waals surface area contributed by atoms with Crippen LogP contribution >= 0.6 is 0 Å². The summed E-state index contributed by atoms with van der Waals surface area (Å²) in [6.45, 7) is 6.42.